The van der Waals surface area contributed by atoms with Crippen LogP contribution in [-0.4, -0.2) is 32.3 Å². The number of nitrogens with one attached hydrogen (secondary N) is 2. The van der Waals surface area contributed by atoms with Gasteiger partial charge >= 0.3 is 0 Å². The van der Waals surface area contributed by atoms with Crippen molar-refractivity contribution in [3.63, 3.8) is 0 Å². The van der Waals surface area contributed by atoms with E-state index in [-0.39, 0.29) is 24.0 Å². The number of guanidine groups is 1. The van der Waals surface area contributed by atoms with Crippen LogP contribution in [0.5, 0.6) is 0 Å². The minimum Gasteiger partial charge on any atom is -0.380 e. The maximum absolute atomic E-state index is 5.30. The fourth-order valence-corrected chi connectivity index (χ4v) is 2.46. The van der Waals surface area contributed by atoms with Crippen LogP contribution in [0.3, 0.4) is 0 Å². The fourth-order valence-electron chi connectivity index (χ4n) is 1.58. The smallest absolute Gasteiger partial charge is 0.191 e. The van der Waals surface area contributed by atoms with E-state index in [0.29, 0.717) is 6.61 Å². The van der Waals surface area contributed by atoms with Crippen molar-refractivity contribution in [2.45, 2.75) is 33.7 Å². The summed E-state index contributed by atoms with van der Waals surface area (Å²) in [5, 5.41) is 6.50. The largest absolute Gasteiger partial charge is 0.380 e. The van der Waals surface area contributed by atoms with Crippen LogP contribution in [0.25, 0.3) is 0 Å². The Kier molecular flexibility index (Phi) is 12.2. The molecule has 0 aliphatic carbocycles. The molecular formula is C14H26IN3OS. The summed E-state index contributed by atoms with van der Waals surface area (Å²) in [6.45, 7) is 10.1. The highest BCUT2D eigenvalue weighted by Crippen LogP contribution is 2.17. The average molecular weight is 411 g/mol. The summed E-state index contributed by atoms with van der Waals surface area (Å²) < 4.78 is 5.30. The van der Waals surface area contributed by atoms with Crippen molar-refractivity contribution in [3.8, 4) is 0 Å². The normalized spacial score (nSPS) is 11.1. The molecule has 0 saturated carbocycles. The monoisotopic (exact) mass is 411 g/mol. The molecule has 0 spiro atoms. The zero-order valence-corrected chi connectivity index (χ0v) is 15.7. The van der Waals surface area contributed by atoms with Crippen molar-refractivity contribution in [1.29, 1.82) is 0 Å². The highest BCUT2D eigenvalue weighted by molar-refractivity contribution is 14.0. The average Bonchev–Trinajstić information content (AvgIpc) is 2.88. The summed E-state index contributed by atoms with van der Waals surface area (Å²) in [6, 6.07) is 4.35. The van der Waals surface area contributed by atoms with Crippen LogP contribution in [0.15, 0.2) is 17.1 Å². The van der Waals surface area contributed by atoms with E-state index in [1.54, 1.807) is 0 Å². The predicted molar refractivity (Wildman–Crippen MR) is 98.4 cm³/mol. The molecule has 20 heavy (non-hydrogen) atoms. The molecule has 4 nitrogen and oxygen atoms in total. The summed E-state index contributed by atoms with van der Waals surface area (Å²) in [6.07, 6.45) is 1.10. The number of aryl methyl sites for hydroxylation is 1. The molecule has 6 heteroatoms. The minimum atomic E-state index is 0. The molecule has 1 heterocycles. The van der Waals surface area contributed by atoms with Gasteiger partial charge in [-0.1, -0.05) is 6.92 Å². The third-order valence-electron chi connectivity index (χ3n) is 2.55. The Morgan fingerprint density at radius 1 is 1.20 bits per heavy atom. The second-order valence-electron chi connectivity index (χ2n) is 4.04. The summed E-state index contributed by atoms with van der Waals surface area (Å²) >= 11 is 1.84. The first-order chi connectivity index (χ1) is 9.30. The van der Waals surface area contributed by atoms with Gasteiger partial charge in [0.05, 0.1) is 13.2 Å². The second-order valence-corrected chi connectivity index (χ2v) is 5.29. The van der Waals surface area contributed by atoms with Crippen LogP contribution >= 0.6 is 35.3 Å². The van der Waals surface area contributed by atoms with Gasteiger partial charge in [0.15, 0.2) is 5.96 Å². The quantitative estimate of drug-likeness (QED) is 0.299. The molecule has 0 fully saturated rings. The van der Waals surface area contributed by atoms with Crippen molar-refractivity contribution >= 4 is 41.3 Å². The van der Waals surface area contributed by atoms with Crippen LogP contribution < -0.4 is 10.6 Å². The van der Waals surface area contributed by atoms with Gasteiger partial charge < -0.3 is 15.4 Å². The molecule has 0 aliphatic rings. The second kappa shape index (κ2) is 12.4. The Labute approximate surface area is 143 Å². The highest BCUT2D eigenvalue weighted by Gasteiger charge is 2.00. The van der Waals surface area contributed by atoms with E-state index >= 15 is 0 Å². The fraction of sp³-hybridized carbons (Fsp3) is 0.643. The molecular weight excluding hydrogens is 385 g/mol. The van der Waals surface area contributed by atoms with Crippen molar-refractivity contribution in [2.75, 3.05) is 26.3 Å². The van der Waals surface area contributed by atoms with Gasteiger partial charge in [-0.05, 0) is 32.4 Å². The zero-order valence-electron chi connectivity index (χ0n) is 12.6. The molecule has 1 aromatic heterocycles. The Morgan fingerprint density at radius 2 is 1.95 bits per heavy atom. The molecule has 0 bridgehead atoms. The van der Waals surface area contributed by atoms with Crippen molar-refractivity contribution in [1.82, 2.24) is 10.6 Å². The molecule has 0 saturated heterocycles. The summed E-state index contributed by atoms with van der Waals surface area (Å²) in [4.78, 5) is 7.30. The molecule has 0 unspecified atom stereocenters. The lowest BCUT2D eigenvalue weighted by molar-refractivity contribution is 0.152. The molecule has 0 aromatic carbocycles. The number of aliphatic imine (C=N–C) groups is 1. The minimum absolute atomic E-state index is 0. The molecule has 0 radical (unpaired) electrons. The SMILES string of the molecule is CCNC(=NCc1ccc(CC)s1)NCCOCC.I. The summed E-state index contributed by atoms with van der Waals surface area (Å²) in [5.41, 5.74) is 0. The highest BCUT2D eigenvalue weighted by atomic mass is 127. The van der Waals surface area contributed by atoms with E-state index in [0.717, 1.165) is 38.6 Å². The van der Waals surface area contributed by atoms with Gasteiger partial charge in [-0.15, -0.1) is 35.3 Å². The third kappa shape index (κ3) is 8.06. The predicted octanol–water partition coefficient (Wildman–Crippen LogP) is 3.02. The zero-order chi connectivity index (χ0) is 13.9. The van der Waals surface area contributed by atoms with Crippen LogP contribution in [0.1, 0.15) is 30.5 Å². The van der Waals surface area contributed by atoms with Gasteiger partial charge in [0, 0.05) is 29.5 Å². The van der Waals surface area contributed by atoms with E-state index < -0.39 is 0 Å². The third-order valence-corrected chi connectivity index (χ3v) is 3.76. The van der Waals surface area contributed by atoms with Crippen LogP contribution in [-0.2, 0) is 17.7 Å². The number of nitrogens with zero attached hydrogens (tertiary/aromatic N) is 1. The molecule has 0 aliphatic heterocycles. The number of ether oxygens (including phenoxy) is 1. The molecule has 0 atom stereocenters. The number of hydrogen-bond donors (Lipinski definition) is 2. The van der Waals surface area contributed by atoms with E-state index in [2.05, 4.69) is 41.6 Å². The van der Waals surface area contributed by atoms with Gasteiger partial charge in [-0.3, -0.25) is 0 Å². The van der Waals surface area contributed by atoms with Gasteiger partial charge in [0.2, 0.25) is 0 Å². The summed E-state index contributed by atoms with van der Waals surface area (Å²) in [5.74, 6) is 0.855. The van der Waals surface area contributed by atoms with E-state index in [1.165, 1.54) is 9.75 Å². The number of rotatable bonds is 8. The van der Waals surface area contributed by atoms with Crippen LogP contribution in [0.2, 0.25) is 0 Å². The first-order valence-electron chi connectivity index (χ1n) is 6.97. The maximum Gasteiger partial charge on any atom is 0.191 e. The Hall–Kier alpha value is -0.340. The van der Waals surface area contributed by atoms with Crippen molar-refractivity contribution in [3.05, 3.63) is 21.9 Å². The van der Waals surface area contributed by atoms with Crippen LogP contribution in [0.4, 0.5) is 0 Å². The summed E-state index contributed by atoms with van der Waals surface area (Å²) in [7, 11) is 0. The van der Waals surface area contributed by atoms with Gasteiger partial charge in [0.1, 0.15) is 0 Å². The maximum atomic E-state index is 5.30. The molecule has 1 rings (SSSR count). The molecule has 2 N–H and O–H groups in total. The van der Waals surface area contributed by atoms with E-state index in [1.807, 2.05) is 18.3 Å². The van der Waals surface area contributed by atoms with E-state index in [4.69, 9.17) is 4.74 Å². The number of hydrogen-bond acceptors (Lipinski definition) is 3. The Bertz CT molecular complexity index is 382. The topological polar surface area (TPSA) is 45.7 Å². The molecule has 0 amide bonds. The first-order valence-corrected chi connectivity index (χ1v) is 7.79. The van der Waals surface area contributed by atoms with Crippen LogP contribution in [0, 0.1) is 0 Å². The lowest BCUT2D eigenvalue weighted by Crippen LogP contribution is -2.38. The number of halogens is 1. The Balaban J connectivity index is 0.00000361. The van der Waals surface area contributed by atoms with Gasteiger partial charge in [-0.25, -0.2) is 4.99 Å². The van der Waals surface area contributed by atoms with Crippen molar-refractivity contribution in [2.24, 2.45) is 4.99 Å². The number of thiophene rings is 1. The first kappa shape index (κ1) is 19.7. The lowest BCUT2D eigenvalue weighted by Gasteiger charge is -2.10. The van der Waals surface area contributed by atoms with Gasteiger partial charge in [-0.2, -0.15) is 0 Å². The standard InChI is InChI=1S/C14H25N3OS.HI/c1-4-12-7-8-13(19-12)11-17-14(15-5-2)16-9-10-18-6-3;/h7-8H,4-6,9-11H2,1-3H3,(H2,15,16,17);1H. The Morgan fingerprint density at radius 3 is 2.55 bits per heavy atom. The lowest BCUT2D eigenvalue weighted by atomic mass is 10.4. The molecule has 1 aromatic rings. The molecule has 116 valence electrons. The van der Waals surface area contributed by atoms with E-state index in [9.17, 15) is 0 Å². The van der Waals surface area contributed by atoms with Gasteiger partial charge in [0.25, 0.3) is 0 Å². The van der Waals surface area contributed by atoms with Crippen molar-refractivity contribution < 1.29 is 4.74 Å².